The normalized spacial score (nSPS) is 20.0. The lowest BCUT2D eigenvalue weighted by Crippen LogP contribution is -2.21. The summed E-state index contributed by atoms with van der Waals surface area (Å²) in [4.78, 5) is 21.3. The average Bonchev–Trinajstić information content (AvgIpc) is 3.28. The third kappa shape index (κ3) is 3.41. The average molecular weight is 353 g/mol. The van der Waals surface area contributed by atoms with Gasteiger partial charge >= 0.3 is 0 Å². The highest BCUT2D eigenvalue weighted by molar-refractivity contribution is 7.22. The summed E-state index contributed by atoms with van der Waals surface area (Å²) in [5.74, 6) is 0.0598. The lowest BCUT2D eigenvalue weighted by atomic mass is 10.1. The molecular weight excluding hydrogens is 334 g/mol. The van der Waals surface area contributed by atoms with Gasteiger partial charge < -0.3 is 10.1 Å². The minimum absolute atomic E-state index is 0.0149. The number of nitrogens with one attached hydrogen (secondary N) is 1. The third-order valence-corrected chi connectivity index (χ3v) is 5.60. The van der Waals surface area contributed by atoms with Crippen molar-refractivity contribution >= 4 is 32.6 Å². The van der Waals surface area contributed by atoms with Crippen LogP contribution in [0.2, 0.25) is 0 Å². The Morgan fingerprint density at radius 1 is 1.28 bits per heavy atom. The van der Waals surface area contributed by atoms with Crippen LogP contribution in [0.15, 0.2) is 42.6 Å². The number of methoxy groups -OCH3 is 1. The molecule has 1 saturated carbocycles. The van der Waals surface area contributed by atoms with Crippen molar-refractivity contribution in [3.8, 4) is 11.3 Å². The first-order valence-electron chi connectivity index (χ1n) is 8.38. The second kappa shape index (κ2) is 6.90. The minimum Gasteiger partial charge on any atom is -0.381 e. The Balaban J connectivity index is 1.52. The maximum atomic E-state index is 12.4. The van der Waals surface area contributed by atoms with Gasteiger partial charge in [-0.3, -0.25) is 9.78 Å². The van der Waals surface area contributed by atoms with Crippen molar-refractivity contribution in [1.29, 1.82) is 0 Å². The second-order valence-electron chi connectivity index (χ2n) is 6.27. The summed E-state index contributed by atoms with van der Waals surface area (Å²) in [6, 6.07) is 11.9. The molecule has 2 unspecified atom stereocenters. The van der Waals surface area contributed by atoms with Crippen LogP contribution in [0, 0.1) is 5.92 Å². The minimum atomic E-state index is 0.0149. The number of benzene rings is 1. The van der Waals surface area contributed by atoms with Crippen LogP contribution in [0.25, 0.3) is 21.5 Å². The monoisotopic (exact) mass is 353 g/mol. The molecule has 1 aliphatic carbocycles. The highest BCUT2D eigenvalue weighted by Crippen LogP contribution is 2.32. The molecule has 25 heavy (non-hydrogen) atoms. The number of amides is 1. The molecule has 128 valence electrons. The van der Waals surface area contributed by atoms with Crippen LogP contribution in [-0.2, 0) is 9.53 Å². The molecule has 1 amide bonds. The van der Waals surface area contributed by atoms with Gasteiger partial charge in [0.2, 0.25) is 5.91 Å². The highest BCUT2D eigenvalue weighted by atomic mass is 32.1. The fourth-order valence-electron chi connectivity index (χ4n) is 3.27. The predicted octanol–water partition coefficient (Wildman–Crippen LogP) is 4.11. The molecule has 1 N–H and O–H groups in total. The maximum absolute atomic E-state index is 12.4. The Labute approximate surface area is 150 Å². The van der Waals surface area contributed by atoms with Gasteiger partial charge in [-0.15, -0.1) is 0 Å². The first-order chi connectivity index (χ1) is 12.2. The molecule has 1 aromatic carbocycles. The molecule has 2 aromatic heterocycles. The van der Waals surface area contributed by atoms with Crippen molar-refractivity contribution in [2.45, 2.75) is 25.4 Å². The fourth-order valence-corrected chi connectivity index (χ4v) is 4.18. The van der Waals surface area contributed by atoms with Crippen LogP contribution in [0.4, 0.5) is 5.13 Å². The number of aromatic nitrogens is 2. The van der Waals surface area contributed by atoms with Crippen LogP contribution < -0.4 is 5.32 Å². The molecule has 1 aliphatic rings. The summed E-state index contributed by atoms with van der Waals surface area (Å²) in [5.41, 5.74) is 2.87. The van der Waals surface area contributed by atoms with E-state index in [2.05, 4.69) is 21.4 Å². The lowest BCUT2D eigenvalue weighted by molar-refractivity contribution is -0.119. The number of ether oxygens (including phenoxy) is 1. The van der Waals surface area contributed by atoms with Gasteiger partial charge in [0.15, 0.2) is 5.13 Å². The first kappa shape index (κ1) is 16.2. The Hall–Kier alpha value is -2.31. The Morgan fingerprint density at radius 2 is 2.20 bits per heavy atom. The SMILES string of the molecule is COC1CCC(C(=O)Nc2nc3ccc(-c4ccccn4)cc3s2)C1. The van der Waals surface area contributed by atoms with E-state index >= 15 is 0 Å². The zero-order valence-electron chi connectivity index (χ0n) is 13.9. The van der Waals surface area contributed by atoms with E-state index in [0.29, 0.717) is 5.13 Å². The number of carbonyl (C=O) groups is 1. The van der Waals surface area contributed by atoms with Crippen LogP contribution in [0.1, 0.15) is 19.3 Å². The first-order valence-corrected chi connectivity index (χ1v) is 9.20. The smallest absolute Gasteiger partial charge is 0.229 e. The van der Waals surface area contributed by atoms with Gasteiger partial charge in [-0.2, -0.15) is 0 Å². The fraction of sp³-hybridized carbons (Fsp3) is 0.316. The number of thiazole rings is 1. The molecule has 0 spiro atoms. The van der Waals surface area contributed by atoms with Gasteiger partial charge in [0.05, 0.1) is 22.0 Å². The van der Waals surface area contributed by atoms with Gasteiger partial charge in [0, 0.05) is 24.8 Å². The highest BCUT2D eigenvalue weighted by Gasteiger charge is 2.30. The molecule has 2 heterocycles. The number of fused-ring (bicyclic) bond motifs is 1. The summed E-state index contributed by atoms with van der Waals surface area (Å²) in [6.45, 7) is 0. The van der Waals surface area contributed by atoms with Crippen LogP contribution in [-0.4, -0.2) is 29.1 Å². The van der Waals surface area contributed by atoms with E-state index in [0.717, 1.165) is 40.7 Å². The zero-order valence-corrected chi connectivity index (χ0v) is 14.8. The third-order valence-electron chi connectivity index (χ3n) is 4.67. The second-order valence-corrected chi connectivity index (χ2v) is 7.30. The van der Waals surface area contributed by atoms with E-state index in [1.54, 1.807) is 13.3 Å². The summed E-state index contributed by atoms with van der Waals surface area (Å²) in [7, 11) is 1.71. The molecule has 6 heteroatoms. The van der Waals surface area contributed by atoms with E-state index in [4.69, 9.17) is 4.74 Å². The van der Waals surface area contributed by atoms with Crippen LogP contribution >= 0.6 is 11.3 Å². The largest absolute Gasteiger partial charge is 0.381 e. The number of anilines is 1. The molecule has 4 rings (SSSR count). The van der Waals surface area contributed by atoms with Crippen LogP contribution in [0.5, 0.6) is 0 Å². The molecule has 0 saturated heterocycles. The van der Waals surface area contributed by atoms with Crippen molar-refractivity contribution in [3.05, 3.63) is 42.6 Å². The molecule has 0 aliphatic heterocycles. The number of pyridine rings is 1. The van der Waals surface area contributed by atoms with Gasteiger partial charge in [0.1, 0.15) is 0 Å². The molecule has 2 atom stereocenters. The van der Waals surface area contributed by atoms with E-state index in [1.807, 2.05) is 30.3 Å². The van der Waals surface area contributed by atoms with Gasteiger partial charge in [-0.1, -0.05) is 23.5 Å². The van der Waals surface area contributed by atoms with Gasteiger partial charge in [-0.25, -0.2) is 4.98 Å². The Kier molecular flexibility index (Phi) is 4.46. The molecule has 0 radical (unpaired) electrons. The summed E-state index contributed by atoms with van der Waals surface area (Å²) >= 11 is 1.50. The van der Waals surface area contributed by atoms with Gasteiger partial charge in [0.25, 0.3) is 0 Å². The standard InChI is InChI=1S/C19H19N3O2S/c1-24-14-7-5-13(10-14)18(23)22-19-21-16-8-6-12(11-17(16)25-19)15-4-2-3-9-20-15/h2-4,6,8-9,11,13-14H,5,7,10H2,1H3,(H,21,22,23). The Bertz CT molecular complexity index is 894. The lowest BCUT2D eigenvalue weighted by Gasteiger charge is -2.09. The topological polar surface area (TPSA) is 64.1 Å². The molecule has 0 bridgehead atoms. The predicted molar refractivity (Wildman–Crippen MR) is 99.6 cm³/mol. The number of nitrogens with zero attached hydrogens (tertiary/aromatic N) is 2. The zero-order chi connectivity index (χ0) is 17.2. The van der Waals surface area contributed by atoms with Crippen molar-refractivity contribution in [1.82, 2.24) is 9.97 Å². The van der Waals surface area contributed by atoms with Crippen molar-refractivity contribution < 1.29 is 9.53 Å². The molecule has 1 fully saturated rings. The number of rotatable bonds is 4. The number of hydrogen-bond donors (Lipinski definition) is 1. The molecular formula is C19H19N3O2S. The summed E-state index contributed by atoms with van der Waals surface area (Å²) < 4.78 is 6.39. The maximum Gasteiger partial charge on any atom is 0.229 e. The number of hydrogen-bond acceptors (Lipinski definition) is 5. The molecule has 3 aromatic rings. The van der Waals surface area contributed by atoms with E-state index in [1.165, 1.54) is 11.3 Å². The van der Waals surface area contributed by atoms with Crippen molar-refractivity contribution in [3.63, 3.8) is 0 Å². The summed E-state index contributed by atoms with van der Waals surface area (Å²) in [6.07, 6.45) is 4.59. The quantitative estimate of drug-likeness (QED) is 0.766. The Morgan fingerprint density at radius 3 is 2.96 bits per heavy atom. The van der Waals surface area contributed by atoms with E-state index in [-0.39, 0.29) is 17.9 Å². The van der Waals surface area contributed by atoms with Crippen molar-refractivity contribution in [2.24, 2.45) is 5.92 Å². The van der Waals surface area contributed by atoms with Crippen LogP contribution in [0.3, 0.4) is 0 Å². The van der Waals surface area contributed by atoms with Crippen molar-refractivity contribution in [2.75, 3.05) is 12.4 Å². The number of carbonyl (C=O) groups excluding carboxylic acids is 1. The van der Waals surface area contributed by atoms with E-state index < -0.39 is 0 Å². The molecule has 5 nitrogen and oxygen atoms in total. The summed E-state index contributed by atoms with van der Waals surface area (Å²) in [5, 5.41) is 3.63. The van der Waals surface area contributed by atoms with E-state index in [9.17, 15) is 4.79 Å². The van der Waals surface area contributed by atoms with Gasteiger partial charge in [-0.05, 0) is 43.5 Å².